The first kappa shape index (κ1) is 24.2. The number of nitrogens with one attached hydrogen (secondary N) is 2. The maximum absolute atomic E-state index is 15.3. The number of likely N-dealkylation sites (tertiary alicyclic amines) is 1. The summed E-state index contributed by atoms with van der Waals surface area (Å²) in [4.78, 5) is 26.9. The van der Waals surface area contributed by atoms with Gasteiger partial charge in [0, 0.05) is 60.3 Å². The first-order valence-corrected chi connectivity index (χ1v) is 12.7. The number of carbonyl (C=O) groups is 1. The van der Waals surface area contributed by atoms with Crippen molar-refractivity contribution in [3.8, 4) is 22.4 Å². The van der Waals surface area contributed by atoms with Gasteiger partial charge in [0.05, 0.1) is 35.9 Å². The molecule has 1 fully saturated rings. The van der Waals surface area contributed by atoms with Gasteiger partial charge in [0.25, 0.3) is 5.91 Å². The van der Waals surface area contributed by atoms with Gasteiger partial charge < -0.3 is 15.4 Å². The molecule has 4 aromatic heterocycles. The number of pyridine rings is 2. The molecule has 0 saturated carbocycles. The van der Waals surface area contributed by atoms with Crippen LogP contribution in [0.3, 0.4) is 0 Å². The molecule has 5 aromatic rings. The summed E-state index contributed by atoms with van der Waals surface area (Å²) >= 11 is 0. The Morgan fingerprint density at radius 1 is 1.18 bits per heavy atom. The minimum absolute atomic E-state index is 0.186. The number of rotatable bonds is 6. The van der Waals surface area contributed by atoms with Crippen molar-refractivity contribution < 1.29 is 14.3 Å². The molecule has 5 heterocycles. The van der Waals surface area contributed by atoms with Gasteiger partial charge in [-0.15, -0.1) is 0 Å². The molecule has 3 N–H and O–H groups in total. The first-order chi connectivity index (χ1) is 18.5. The van der Waals surface area contributed by atoms with E-state index in [1.807, 2.05) is 19.3 Å². The number of benzene rings is 1. The number of aryl methyl sites for hydroxylation is 1. The molecule has 9 nitrogen and oxygen atoms in total. The molecule has 0 radical (unpaired) electrons. The molecule has 0 aliphatic carbocycles. The lowest BCUT2D eigenvalue weighted by Gasteiger charge is -2.29. The number of nitrogens with zero attached hydrogens (tertiary/aromatic N) is 5. The molecular formula is C28H28FN7O2. The zero-order chi connectivity index (χ0) is 26.2. The summed E-state index contributed by atoms with van der Waals surface area (Å²) in [6, 6.07) is 8.85. The molecule has 6 rings (SSSR count). The highest BCUT2D eigenvalue weighted by molar-refractivity contribution is 6.13. The van der Waals surface area contributed by atoms with Crippen LogP contribution in [0.2, 0.25) is 0 Å². The van der Waals surface area contributed by atoms with Gasteiger partial charge in [0.2, 0.25) is 0 Å². The second kappa shape index (κ2) is 9.96. The van der Waals surface area contributed by atoms with Crippen molar-refractivity contribution >= 4 is 27.8 Å². The lowest BCUT2D eigenvalue weighted by molar-refractivity contribution is 0.0703. The van der Waals surface area contributed by atoms with Gasteiger partial charge in [-0.3, -0.25) is 19.4 Å². The zero-order valence-corrected chi connectivity index (χ0v) is 21.0. The van der Waals surface area contributed by atoms with Crippen molar-refractivity contribution in [3.63, 3.8) is 0 Å². The fourth-order valence-electron chi connectivity index (χ4n) is 5.18. The van der Waals surface area contributed by atoms with Crippen molar-refractivity contribution in [2.24, 2.45) is 7.05 Å². The molecule has 1 aliphatic heterocycles. The summed E-state index contributed by atoms with van der Waals surface area (Å²) in [5.74, 6) is -0.632. The largest absolute Gasteiger partial charge is 0.392 e. The van der Waals surface area contributed by atoms with Gasteiger partial charge in [0.1, 0.15) is 11.5 Å². The minimum atomic E-state index is -0.445. The molecule has 1 aliphatic rings. The third-order valence-electron chi connectivity index (χ3n) is 7.09. The van der Waals surface area contributed by atoms with Crippen molar-refractivity contribution in [2.75, 3.05) is 26.2 Å². The summed E-state index contributed by atoms with van der Waals surface area (Å²) in [6.07, 6.45) is 8.06. The van der Waals surface area contributed by atoms with Crippen LogP contribution >= 0.6 is 0 Å². The highest BCUT2D eigenvalue weighted by atomic mass is 19.1. The van der Waals surface area contributed by atoms with Crippen LogP contribution < -0.4 is 5.32 Å². The monoisotopic (exact) mass is 513 g/mol. The Kier molecular flexibility index (Phi) is 6.34. The Hall–Kier alpha value is -4.15. The van der Waals surface area contributed by atoms with E-state index in [9.17, 15) is 9.90 Å². The summed E-state index contributed by atoms with van der Waals surface area (Å²) in [5, 5.41) is 18.4. The number of piperidine rings is 1. The van der Waals surface area contributed by atoms with Gasteiger partial charge in [0.15, 0.2) is 0 Å². The number of aromatic nitrogens is 5. The van der Waals surface area contributed by atoms with Gasteiger partial charge in [-0.05, 0) is 43.1 Å². The number of hydrogen-bond acceptors (Lipinski definition) is 6. The van der Waals surface area contributed by atoms with Gasteiger partial charge in [-0.2, -0.15) is 5.10 Å². The number of hydrogen-bond donors (Lipinski definition) is 3. The van der Waals surface area contributed by atoms with E-state index in [4.69, 9.17) is 0 Å². The SMILES string of the molecule is Cn1cc(-c2cc3c(cn2)[nH]c2ncc(F)c(-c4ccc(C(=O)NCCN5CCC[C@H](O)C5)cc4)c23)cn1. The van der Waals surface area contributed by atoms with Gasteiger partial charge in [-0.25, -0.2) is 9.37 Å². The summed E-state index contributed by atoms with van der Waals surface area (Å²) in [6.45, 7) is 2.76. The quantitative estimate of drug-likeness (QED) is 0.320. The van der Waals surface area contributed by atoms with Gasteiger partial charge >= 0.3 is 0 Å². The van der Waals surface area contributed by atoms with Crippen molar-refractivity contribution in [2.45, 2.75) is 18.9 Å². The fraction of sp³-hybridized carbons (Fsp3) is 0.286. The summed E-state index contributed by atoms with van der Waals surface area (Å²) in [7, 11) is 1.84. The molecule has 1 amide bonds. The van der Waals surface area contributed by atoms with E-state index < -0.39 is 5.82 Å². The minimum Gasteiger partial charge on any atom is -0.392 e. The van der Waals surface area contributed by atoms with Crippen LogP contribution in [0, 0.1) is 5.82 Å². The van der Waals surface area contributed by atoms with Gasteiger partial charge in [-0.1, -0.05) is 12.1 Å². The zero-order valence-electron chi connectivity index (χ0n) is 21.0. The number of amides is 1. The molecule has 1 saturated heterocycles. The lowest BCUT2D eigenvalue weighted by Crippen LogP contribution is -2.42. The highest BCUT2D eigenvalue weighted by Gasteiger charge is 2.19. The molecular weight excluding hydrogens is 485 g/mol. The average Bonchev–Trinajstić information content (AvgIpc) is 3.52. The fourth-order valence-corrected chi connectivity index (χ4v) is 5.18. The maximum Gasteiger partial charge on any atom is 0.251 e. The Morgan fingerprint density at radius 3 is 2.79 bits per heavy atom. The van der Waals surface area contributed by atoms with E-state index in [0.29, 0.717) is 47.4 Å². The molecule has 1 atom stereocenters. The molecule has 194 valence electrons. The second-order valence-electron chi connectivity index (χ2n) is 9.78. The van der Waals surface area contributed by atoms with Crippen LogP contribution in [0.1, 0.15) is 23.2 Å². The molecule has 10 heteroatoms. The van der Waals surface area contributed by atoms with E-state index in [1.54, 1.807) is 41.3 Å². The Balaban J connectivity index is 1.27. The Bertz CT molecular complexity index is 1630. The maximum atomic E-state index is 15.3. The van der Waals surface area contributed by atoms with Crippen molar-refractivity contribution in [1.29, 1.82) is 0 Å². The van der Waals surface area contributed by atoms with Crippen molar-refractivity contribution in [1.82, 2.24) is 34.9 Å². The number of fused-ring (bicyclic) bond motifs is 3. The van der Waals surface area contributed by atoms with Crippen LogP contribution in [-0.4, -0.2) is 72.9 Å². The average molecular weight is 514 g/mol. The summed E-state index contributed by atoms with van der Waals surface area (Å²) < 4.78 is 17.0. The first-order valence-electron chi connectivity index (χ1n) is 12.7. The van der Waals surface area contributed by atoms with E-state index in [0.717, 1.165) is 41.5 Å². The topological polar surface area (TPSA) is 112 Å². The number of aliphatic hydroxyl groups excluding tert-OH is 1. The molecule has 0 unspecified atom stereocenters. The van der Waals surface area contributed by atoms with Crippen LogP contribution in [0.5, 0.6) is 0 Å². The van der Waals surface area contributed by atoms with Crippen LogP contribution in [0.25, 0.3) is 44.3 Å². The van der Waals surface area contributed by atoms with E-state index in [1.165, 1.54) is 6.20 Å². The molecule has 0 spiro atoms. The number of aromatic amines is 1. The third-order valence-corrected chi connectivity index (χ3v) is 7.09. The normalized spacial score (nSPS) is 16.3. The Morgan fingerprint density at radius 2 is 2.03 bits per heavy atom. The predicted molar refractivity (Wildman–Crippen MR) is 143 cm³/mol. The van der Waals surface area contributed by atoms with Crippen LogP contribution in [0.4, 0.5) is 4.39 Å². The van der Waals surface area contributed by atoms with Crippen molar-refractivity contribution in [3.05, 3.63) is 66.5 Å². The highest BCUT2D eigenvalue weighted by Crippen LogP contribution is 2.36. The number of β-amino-alcohol motifs (C(OH)–C–C–N with tert-alkyl or cyclic N) is 1. The summed E-state index contributed by atoms with van der Waals surface area (Å²) in [5.41, 5.74) is 4.47. The third kappa shape index (κ3) is 4.64. The number of halogens is 1. The number of aliphatic hydroxyl groups is 1. The van der Waals surface area contributed by atoms with Crippen LogP contribution in [0.15, 0.2) is 55.1 Å². The number of carbonyl (C=O) groups excluding carboxylic acids is 1. The molecule has 1 aromatic carbocycles. The standard InChI is InChI=1S/C28H28FN7O2/c1-35-15-19(12-33-35)23-11-21-24(14-31-23)34-27-26(21)25(22(29)13-32-27)17-4-6-18(7-5-17)28(38)30-8-10-36-9-2-3-20(37)16-36/h4-7,11-15,20,37H,2-3,8-10,16H2,1H3,(H,30,38)(H,32,34)/t20-/m0/s1. The van der Waals surface area contributed by atoms with E-state index in [2.05, 4.69) is 30.3 Å². The molecule has 0 bridgehead atoms. The molecule has 38 heavy (non-hydrogen) atoms. The second-order valence-corrected chi connectivity index (χ2v) is 9.78. The van der Waals surface area contributed by atoms with E-state index in [-0.39, 0.29) is 12.0 Å². The Labute approximate surface area is 218 Å². The smallest absolute Gasteiger partial charge is 0.251 e. The van der Waals surface area contributed by atoms with E-state index >= 15 is 4.39 Å². The van der Waals surface area contributed by atoms with Crippen LogP contribution in [-0.2, 0) is 7.05 Å². The predicted octanol–water partition coefficient (Wildman–Crippen LogP) is 3.50. The lowest BCUT2D eigenvalue weighted by atomic mass is 9.99. The number of H-pyrrole nitrogens is 1.